The van der Waals surface area contributed by atoms with Crippen LogP contribution >= 0.6 is 11.3 Å². The fraction of sp³-hybridized carbons (Fsp3) is 0.150. The summed E-state index contributed by atoms with van der Waals surface area (Å²) in [6.07, 6.45) is 1.84. The van der Waals surface area contributed by atoms with Crippen molar-refractivity contribution < 1.29 is 5.11 Å². The standard InChI is InChI=1S/C20H18N2OS/c1-22(12-14-6-3-2-4-7-14)13-16-10-17-19-15(8-5-9-18(19)23)11-21-20(17)24-16/h2-11,23H,12-13H2,1H3. The summed E-state index contributed by atoms with van der Waals surface area (Å²) in [5, 5.41) is 13.1. The second-order valence-electron chi connectivity index (χ2n) is 6.09. The Bertz CT molecular complexity index is 995. The molecule has 0 aliphatic carbocycles. The van der Waals surface area contributed by atoms with Gasteiger partial charge in [-0.25, -0.2) is 4.98 Å². The summed E-state index contributed by atoms with van der Waals surface area (Å²) in [5.41, 5.74) is 1.31. The van der Waals surface area contributed by atoms with Gasteiger partial charge >= 0.3 is 0 Å². The number of nitrogens with zero attached hydrogens (tertiary/aromatic N) is 2. The zero-order valence-electron chi connectivity index (χ0n) is 13.4. The van der Waals surface area contributed by atoms with Gasteiger partial charge in [0.25, 0.3) is 0 Å². The van der Waals surface area contributed by atoms with Gasteiger partial charge in [0.05, 0.1) is 0 Å². The van der Waals surface area contributed by atoms with Crippen LogP contribution < -0.4 is 0 Å². The maximum atomic E-state index is 10.2. The average Bonchev–Trinajstić information content (AvgIpc) is 2.98. The second-order valence-corrected chi connectivity index (χ2v) is 7.20. The number of hydrogen-bond acceptors (Lipinski definition) is 4. The molecule has 0 aliphatic heterocycles. The van der Waals surface area contributed by atoms with Gasteiger partial charge in [-0.05, 0) is 24.7 Å². The molecule has 2 aromatic heterocycles. The summed E-state index contributed by atoms with van der Waals surface area (Å²) in [5.74, 6) is 0.321. The molecule has 0 aliphatic rings. The van der Waals surface area contributed by atoms with Crippen LogP contribution in [0.1, 0.15) is 10.4 Å². The number of phenolic OH excluding ortho intramolecular Hbond substituents is 1. The lowest BCUT2D eigenvalue weighted by atomic mass is 10.1. The van der Waals surface area contributed by atoms with Crippen LogP contribution in [-0.2, 0) is 13.1 Å². The Morgan fingerprint density at radius 2 is 1.88 bits per heavy atom. The normalized spacial score (nSPS) is 11.6. The highest BCUT2D eigenvalue weighted by atomic mass is 32.1. The van der Waals surface area contributed by atoms with Crippen LogP contribution in [0, 0.1) is 0 Å². The lowest BCUT2D eigenvalue weighted by molar-refractivity contribution is 0.322. The summed E-state index contributed by atoms with van der Waals surface area (Å²) in [4.78, 5) is 9.08. The van der Waals surface area contributed by atoms with Crippen molar-refractivity contribution >= 4 is 32.3 Å². The molecule has 0 spiro atoms. The molecule has 1 N–H and O–H groups in total. The maximum absolute atomic E-state index is 10.2. The molecular formula is C20H18N2OS. The molecule has 2 aromatic carbocycles. The largest absolute Gasteiger partial charge is 0.507 e. The molecule has 0 saturated heterocycles. The highest BCUT2D eigenvalue weighted by molar-refractivity contribution is 7.18. The predicted octanol–water partition coefficient (Wildman–Crippen LogP) is 4.79. The maximum Gasteiger partial charge on any atom is 0.124 e. The van der Waals surface area contributed by atoms with Crippen LogP contribution in [0.2, 0.25) is 0 Å². The molecule has 0 saturated carbocycles. The van der Waals surface area contributed by atoms with Crippen molar-refractivity contribution in [3.8, 4) is 5.75 Å². The van der Waals surface area contributed by atoms with E-state index in [0.29, 0.717) is 5.75 Å². The van der Waals surface area contributed by atoms with Gasteiger partial charge in [-0.2, -0.15) is 0 Å². The van der Waals surface area contributed by atoms with E-state index in [1.54, 1.807) is 17.4 Å². The van der Waals surface area contributed by atoms with Crippen LogP contribution in [0.15, 0.2) is 60.8 Å². The van der Waals surface area contributed by atoms with E-state index in [1.165, 1.54) is 10.4 Å². The summed E-state index contributed by atoms with van der Waals surface area (Å²) in [6, 6.07) is 18.2. The fourth-order valence-corrected chi connectivity index (χ4v) is 4.17. The number of aromatic hydroxyl groups is 1. The number of benzene rings is 2. The number of pyridine rings is 1. The van der Waals surface area contributed by atoms with E-state index in [-0.39, 0.29) is 0 Å². The van der Waals surface area contributed by atoms with Crippen molar-refractivity contribution in [2.75, 3.05) is 7.05 Å². The molecule has 2 heterocycles. The van der Waals surface area contributed by atoms with Crippen molar-refractivity contribution in [3.05, 3.63) is 71.2 Å². The van der Waals surface area contributed by atoms with Gasteiger partial charge in [-0.3, -0.25) is 4.90 Å². The van der Waals surface area contributed by atoms with Crippen molar-refractivity contribution in [3.63, 3.8) is 0 Å². The minimum Gasteiger partial charge on any atom is -0.507 e. The summed E-state index contributed by atoms with van der Waals surface area (Å²) >= 11 is 1.70. The van der Waals surface area contributed by atoms with E-state index in [1.807, 2.05) is 24.4 Å². The topological polar surface area (TPSA) is 36.4 Å². The van der Waals surface area contributed by atoms with Gasteiger partial charge in [-0.1, -0.05) is 42.5 Å². The molecule has 0 radical (unpaired) electrons. The van der Waals surface area contributed by atoms with Crippen LogP contribution in [0.4, 0.5) is 0 Å². The lowest BCUT2D eigenvalue weighted by Crippen LogP contribution is -2.16. The number of thiophene rings is 1. The number of fused-ring (bicyclic) bond motifs is 3. The Kier molecular flexibility index (Phi) is 3.92. The molecule has 120 valence electrons. The van der Waals surface area contributed by atoms with Gasteiger partial charge in [-0.15, -0.1) is 11.3 Å². The molecule has 4 rings (SSSR count). The second kappa shape index (κ2) is 6.23. The monoisotopic (exact) mass is 334 g/mol. The summed E-state index contributed by atoms with van der Waals surface area (Å²) in [7, 11) is 2.13. The predicted molar refractivity (Wildman–Crippen MR) is 100 cm³/mol. The molecule has 4 heteroatoms. The Morgan fingerprint density at radius 3 is 2.71 bits per heavy atom. The summed E-state index contributed by atoms with van der Waals surface area (Å²) in [6.45, 7) is 1.78. The van der Waals surface area contributed by atoms with E-state index < -0.39 is 0 Å². The Balaban J connectivity index is 1.64. The third kappa shape index (κ3) is 2.86. The zero-order valence-corrected chi connectivity index (χ0v) is 14.3. The third-order valence-corrected chi connectivity index (χ3v) is 5.18. The van der Waals surface area contributed by atoms with Gasteiger partial charge in [0.1, 0.15) is 10.6 Å². The smallest absolute Gasteiger partial charge is 0.124 e. The van der Waals surface area contributed by atoms with Gasteiger partial charge in [0, 0.05) is 40.3 Å². The number of rotatable bonds is 4. The van der Waals surface area contributed by atoms with Gasteiger partial charge < -0.3 is 5.11 Å². The molecule has 0 amide bonds. The van der Waals surface area contributed by atoms with E-state index >= 15 is 0 Å². The fourth-order valence-electron chi connectivity index (χ4n) is 3.09. The van der Waals surface area contributed by atoms with Crippen LogP contribution in [0.25, 0.3) is 21.0 Å². The van der Waals surface area contributed by atoms with Crippen LogP contribution in [-0.4, -0.2) is 22.0 Å². The first-order chi connectivity index (χ1) is 11.7. The van der Waals surface area contributed by atoms with Crippen LogP contribution in [0.5, 0.6) is 5.75 Å². The number of phenols is 1. The summed E-state index contributed by atoms with van der Waals surface area (Å²) < 4.78 is 0. The van der Waals surface area contributed by atoms with Crippen molar-refractivity contribution in [1.29, 1.82) is 0 Å². The lowest BCUT2D eigenvalue weighted by Gasteiger charge is -2.15. The van der Waals surface area contributed by atoms with E-state index in [9.17, 15) is 5.11 Å². The number of aromatic nitrogens is 1. The van der Waals surface area contributed by atoms with Crippen molar-refractivity contribution in [2.45, 2.75) is 13.1 Å². The van der Waals surface area contributed by atoms with Crippen LogP contribution in [0.3, 0.4) is 0 Å². The average molecular weight is 334 g/mol. The van der Waals surface area contributed by atoms with Gasteiger partial charge in [0.15, 0.2) is 0 Å². The van der Waals surface area contributed by atoms with Crippen molar-refractivity contribution in [1.82, 2.24) is 9.88 Å². The molecule has 0 bridgehead atoms. The number of hydrogen-bond donors (Lipinski definition) is 1. The molecule has 24 heavy (non-hydrogen) atoms. The molecule has 3 nitrogen and oxygen atoms in total. The van der Waals surface area contributed by atoms with Crippen molar-refractivity contribution in [2.24, 2.45) is 0 Å². The van der Waals surface area contributed by atoms with E-state index in [2.05, 4.69) is 47.3 Å². The van der Waals surface area contributed by atoms with E-state index in [4.69, 9.17) is 0 Å². The zero-order chi connectivity index (χ0) is 16.5. The molecule has 0 unspecified atom stereocenters. The first-order valence-electron chi connectivity index (χ1n) is 7.92. The molecule has 0 atom stereocenters. The SMILES string of the molecule is CN(Cc1ccccc1)Cc1cc2c(ncc3cccc(O)c32)s1. The molecular weight excluding hydrogens is 316 g/mol. The molecule has 0 fully saturated rings. The Morgan fingerprint density at radius 1 is 1.04 bits per heavy atom. The minimum atomic E-state index is 0.321. The Hall–Kier alpha value is -2.43. The minimum absolute atomic E-state index is 0.321. The first kappa shape index (κ1) is 15.1. The third-order valence-electron chi connectivity index (χ3n) is 4.15. The highest BCUT2D eigenvalue weighted by Gasteiger charge is 2.11. The Labute approximate surface area is 144 Å². The van der Waals surface area contributed by atoms with Gasteiger partial charge in [0.2, 0.25) is 0 Å². The first-order valence-corrected chi connectivity index (χ1v) is 8.74. The highest BCUT2D eigenvalue weighted by Crippen LogP contribution is 2.35. The molecule has 4 aromatic rings. The quantitative estimate of drug-likeness (QED) is 0.583. The van der Waals surface area contributed by atoms with E-state index in [0.717, 1.165) is 34.1 Å².